The largest absolute Gasteiger partial charge is 0.343 e. The zero-order chi connectivity index (χ0) is 23.0. The van der Waals surface area contributed by atoms with Crippen molar-refractivity contribution in [2.24, 2.45) is 0 Å². The first-order valence-corrected chi connectivity index (χ1v) is 12.0. The lowest BCUT2D eigenvalue weighted by Crippen LogP contribution is -2.47. The Hall–Kier alpha value is -3.45. The van der Waals surface area contributed by atoms with E-state index in [0.29, 0.717) is 6.42 Å². The van der Waals surface area contributed by atoms with Crippen molar-refractivity contribution in [1.82, 2.24) is 15.5 Å². The minimum absolute atomic E-state index is 0.317. The van der Waals surface area contributed by atoms with Gasteiger partial charge in [-0.1, -0.05) is 60.2 Å². The highest BCUT2D eigenvalue weighted by molar-refractivity contribution is 7.10. The molecule has 2 aliphatic rings. The third kappa shape index (κ3) is 3.82. The van der Waals surface area contributed by atoms with Gasteiger partial charge >= 0.3 is 6.03 Å². The fraction of sp³-hybridized carbons (Fsp3) is 0.269. The van der Waals surface area contributed by atoms with Gasteiger partial charge in [0.05, 0.1) is 6.04 Å². The van der Waals surface area contributed by atoms with Crippen molar-refractivity contribution in [1.29, 1.82) is 0 Å². The molecule has 0 unspecified atom stereocenters. The molecular weight excluding hydrogens is 434 g/mol. The lowest BCUT2D eigenvalue weighted by Gasteiger charge is -2.33. The second kappa shape index (κ2) is 8.48. The van der Waals surface area contributed by atoms with E-state index in [-0.39, 0.29) is 24.4 Å². The molecule has 1 spiro atoms. The van der Waals surface area contributed by atoms with Crippen LogP contribution in [0.2, 0.25) is 0 Å². The van der Waals surface area contributed by atoms with E-state index in [2.05, 4.69) is 10.6 Å². The highest BCUT2D eigenvalue weighted by Crippen LogP contribution is 2.39. The molecule has 1 aliphatic carbocycles. The number of hydrogen-bond donors (Lipinski definition) is 2. The molecule has 7 heteroatoms. The van der Waals surface area contributed by atoms with Gasteiger partial charge in [0.25, 0.3) is 5.91 Å². The van der Waals surface area contributed by atoms with Crippen LogP contribution < -0.4 is 10.6 Å². The lowest BCUT2D eigenvalue weighted by molar-refractivity contribution is -0.135. The van der Waals surface area contributed by atoms with Gasteiger partial charge in [-0.25, -0.2) is 4.79 Å². The molecule has 33 heavy (non-hydrogen) atoms. The quantitative estimate of drug-likeness (QED) is 0.565. The number of imide groups is 1. The van der Waals surface area contributed by atoms with Crippen LogP contribution >= 0.6 is 11.3 Å². The molecule has 6 nitrogen and oxygen atoms in total. The van der Waals surface area contributed by atoms with Gasteiger partial charge in [0.15, 0.2) is 0 Å². The zero-order valence-electron chi connectivity index (χ0n) is 18.3. The number of amides is 4. The summed E-state index contributed by atoms with van der Waals surface area (Å²) in [5.41, 5.74) is 2.92. The number of carbonyl (C=O) groups is 3. The summed E-state index contributed by atoms with van der Waals surface area (Å²) in [6.45, 7) is 1.70. The highest BCUT2D eigenvalue weighted by Gasteiger charge is 2.54. The molecule has 168 valence electrons. The van der Waals surface area contributed by atoms with E-state index in [0.717, 1.165) is 44.9 Å². The summed E-state index contributed by atoms with van der Waals surface area (Å²) in [6.07, 6.45) is 2.21. The van der Waals surface area contributed by atoms with Crippen molar-refractivity contribution >= 4 is 29.2 Å². The molecule has 2 heterocycles. The Morgan fingerprint density at radius 3 is 2.67 bits per heavy atom. The number of urea groups is 1. The summed E-state index contributed by atoms with van der Waals surface area (Å²) in [5, 5.41) is 7.90. The van der Waals surface area contributed by atoms with E-state index in [1.165, 1.54) is 0 Å². The average molecular weight is 460 g/mol. The Balaban J connectivity index is 1.37. The van der Waals surface area contributed by atoms with Gasteiger partial charge in [-0.2, -0.15) is 0 Å². The summed E-state index contributed by atoms with van der Waals surface area (Å²) in [5.74, 6) is -0.726. The van der Waals surface area contributed by atoms with Gasteiger partial charge < -0.3 is 10.6 Å². The van der Waals surface area contributed by atoms with Crippen LogP contribution in [0.1, 0.15) is 46.0 Å². The van der Waals surface area contributed by atoms with Crippen LogP contribution in [0.15, 0.2) is 66.0 Å². The van der Waals surface area contributed by atoms with Gasteiger partial charge in [-0.3, -0.25) is 14.5 Å². The Morgan fingerprint density at radius 1 is 1.12 bits per heavy atom. The second-order valence-electron chi connectivity index (χ2n) is 8.66. The van der Waals surface area contributed by atoms with Crippen LogP contribution in [0.25, 0.3) is 0 Å². The molecule has 1 fully saturated rings. The van der Waals surface area contributed by atoms with Crippen molar-refractivity contribution in [3.8, 4) is 0 Å². The molecule has 2 atom stereocenters. The highest BCUT2D eigenvalue weighted by atomic mass is 32.1. The standard InChI is InChI=1S/C26H25N3O3S/c1-17-10-12-19(13-11-17)23(21-9-5-15-33-21)27-22(30)16-29-24(31)26(28-25(29)32)14-4-7-18-6-2-3-8-20(18)26/h2-3,5-6,8-13,15,23H,4,7,14,16H2,1H3,(H,27,30)(H,28,32)/t23-,26+/m1/s1. The molecule has 5 rings (SSSR count). The number of nitrogens with one attached hydrogen (secondary N) is 2. The molecule has 3 aromatic rings. The summed E-state index contributed by atoms with van der Waals surface area (Å²) < 4.78 is 0. The van der Waals surface area contributed by atoms with Crippen LogP contribution in [0.4, 0.5) is 4.79 Å². The van der Waals surface area contributed by atoms with Crippen LogP contribution in [0.3, 0.4) is 0 Å². The number of aryl methyl sites for hydroxylation is 2. The minimum atomic E-state index is -1.07. The monoisotopic (exact) mass is 459 g/mol. The van der Waals surface area contributed by atoms with E-state index < -0.39 is 11.6 Å². The number of hydrogen-bond acceptors (Lipinski definition) is 4. The van der Waals surface area contributed by atoms with Gasteiger partial charge in [-0.15, -0.1) is 11.3 Å². The first-order valence-electron chi connectivity index (χ1n) is 11.1. The normalized spacial score (nSPS) is 20.5. The number of thiophene rings is 1. The molecule has 2 N–H and O–H groups in total. The molecule has 4 amide bonds. The molecule has 1 aliphatic heterocycles. The molecule has 0 radical (unpaired) electrons. The number of benzene rings is 2. The van der Waals surface area contributed by atoms with Crippen molar-refractivity contribution in [3.63, 3.8) is 0 Å². The smallest absolute Gasteiger partial charge is 0.325 e. The minimum Gasteiger partial charge on any atom is -0.343 e. The Kier molecular flexibility index (Phi) is 5.50. The predicted molar refractivity (Wildman–Crippen MR) is 127 cm³/mol. The average Bonchev–Trinajstić information content (AvgIpc) is 3.43. The summed E-state index contributed by atoms with van der Waals surface area (Å²) >= 11 is 1.55. The van der Waals surface area contributed by atoms with Crippen molar-refractivity contribution < 1.29 is 14.4 Å². The summed E-state index contributed by atoms with van der Waals surface area (Å²) in [6, 6.07) is 18.8. The maximum absolute atomic E-state index is 13.5. The molecule has 0 bridgehead atoms. The summed E-state index contributed by atoms with van der Waals surface area (Å²) in [7, 11) is 0. The summed E-state index contributed by atoms with van der Waals surface area (Å²) in [4.78, 5) is 41.4. The Morgan fingerprint density at radius 2 is 1.91 bits per heavy atom. The maximum Gasteiger partial charge on any atom is 0.325 e. The molecule has 1 saturated heterocycles. The number of carbonyl (C=O) groups excluding carboxylic acids is 3. The molecule has 1 aromatic heterocycles. The van der Waals surface area contributed by atoms with Crippen LogP contribution in [0.5, 0.6) is 0 Å². The van der Waals surface area contributed by atoms with Crippen LogP contribution in [0, 0.1) is 6.92 Å². The van der Waals surface area contributed by atoms with Crippen LogP contribution in [-0.2, 0) is 21.5 Å². The van der Waals surface area contributed by atoms with Gasteiger partial charge in [0.2, 0.25) is 5.91 Å². The van der Waals surface area contributed by atoms with Crippen molar-refractivity contribution in [2.75, 3.05) is 6.54 Å². The third-order valence-corrected chi connectivity index (χ3v) is 7.43. The third-order valence-electron chi connectivity index (χ3n) is 6.50. The van der Waals surface area contributed by atoms with Gasteiger partial charge in [0, 0.05) is 4.88 Å². The lowest BCUT2D eigenvalue weighted by atomic mass is 9.76. The van der Waals surface area contributed by atoms with Crippen molar-refractivity contribution in [2.45, 2.75) is 37.8 Å². The van der Waals surface area contributed by atoms with E-state index in [9.17, 15) is 14.4 Å². The molecular formula is C26H25N3O3S. The van der Waals surface area contributed by atoms with E-state index in [1.807, 2.05) is 73.0 Å². The predicted octanol–water partition coefficient (Wildman–Crippen LogP) is 4.05. The van der Waals surface area contributed by atoms with Gasteiger partial charge in [0.1, 0.15) is 12.1 Å². The molecule has 2 aromatic carbocycles. The van der Waals surface area contributed by atoms with Crippen LogP contribution in [-0.4, -0.2) is 29.3 Å². The fourth-order valence-electron chi connectivity index (χ4n) is 4.84. The first kappa shape index (κ1) is 21.4. The zero-order valence-corrected chi connectivity index (χ0v) is 19.2. The van der Waals surface area contributed by atoms with E-state index in [1.54, 1.807) is 11.3 Å². The topological polar surface area (TPSA) is 78.5 Å². The number of fused-ring (bicyclic) bond motifs is 2. The van der Waals surface area contributed by atoms with E-state index >= 15 is 0 Å². The fourth-order valence-corrected chi connectivity index (χ4v) is 5.64. The number of rotatable bonds is 5. The van der Waals surface area contributed by atoms with Gasteiger partial charge in [-0.05, 0) is 54.3 Å². The van der Waals surface area contributed by atoms with E-state index in [4.69, 9.17) is 0 Å². The second-order valence-corrected chi connectivity index (χ2v) is 9.64. The maximum atomic E-state index is 13.5. The SMILES string of the molecule is Cc1ccc([C@@H](NC(=O)CN2C(=O)N[C@]3(CCCc4ccccc43)C2=O)c2cccs2)cc1. The first-order chi connectivity index (χ1) is 16.0. The Bertz CT molecular complexity index is 1210. The number of nitrogens with zero attached hydrogens (tertiary/aromatic N) is 1. The van der Waals surface area contributed by atoms with Crippen molar-refractivity contribution in [3.05, 3.63) is 93.2 Å². The Labute approximate surface area is 196 Å². The molecule has 0 saturated carbocycles.